The van der Waals surface area contributed by atoms with Crippen LogP contribution in [-0.4, -0.2) is 60.0 Å². The SMILES string of the molecule is O=C1CCC(N2Cc3c(CN[C@@H]4CCCC[C@@]45CNCCO5)cccc3C2=O)C(=O)N1. The van der Waals surface area contributed by atoms with Crippen molar-refractivity contribution in [2.45, 2.75) is 69.3 Å². The number of benzene rings is 1. The first kappa shape index (κ1) is 20.6. The normalized spacial score (nSPS) is 31.1. The molecule has 166 valence electrons. The van der Waals surface area contributed by atoms with Crippen molar-refractivity contribution in [3.63, 3.8) is 0 Å². The molecule has 3 fully saturated rings. The fourth-order valence-electron chi connectivity index (χ4n) is 5.61. The summed E-state index contributed by atoms with van der Waals surface area (Å²) in [6, 6.07) is 5.50. The number of hydrogen-bond acceptors (Lipinski definition) is 6. The fraction of sp³-hybridized carbons (Fsp3) is 0.609. The minimum absolute atomic E-state index is 0.125. The summed E-state index contributed by atoms with van der Waals surface area (Å²) >= 11 is 0. The van der Waals surface area contributed by atoms with Gasteiger partial charge in [0, 0.05) is 44.2 Å². The highest BCUT2D eigenvalue weighted by molar-refractivity contribution is 6.05. The van der Waals surface area contributed by atoms with E-state index in [0.29, 0.717) is 25.1 Å². The van der Waals surface area contributed by atoms with Crippen LogP contribution >= 0.6 is 0 Å². The van der Waals surface area contributed by atoms with Crippen LogP contribution in [0.2, 0.25) is 0 Å². The number of rotatable bonds is 4. The molecule has 4 aliphatic rings. The van der Waals surface area contributed by atoms with Crippen molar-refractivity contribution in [2.75, 3.05) is 19.7 Å². The average molecular weight is 427 g/mol. The van der Waals surface area contributed by atoms with Gasteiger partial charge in [-0.1, -0.05) is 25.0 Å². The number of hydrogen-bond donors (Lipinski definition) is 3. The second kappa shape index (κ2) is 8.33. The Labute approximate surface area is 182 Å². The number of piperidine rings is 1. The van der Waals surface area contributed by atoms with E-state index in [1.807, 2.05) is 12.1 Å². The van der Waals surface area contributed by atoms with Crippen molar-refractivity contribution >= 4 is 17.7 Å². The molecule has 3 N–H and O–H groups in total. The second-order valence-electron chi connectivity index (χ2n) is 9.11. The molecule has 3 atom stereocenters. The van der Waals surface area contributed by atoms with Crippen molar-refractivity contribution in [3.05, 3.63) is 34.9 Å². The summed E-state index contributed by atoms with van der Waals surface area (Å²) in [6.07, 6.45) is 5.17. The molecule has 0 bridgehead atoms. The summed E-state index contributed by atoms with van der Waals surface area (Å²) in [6.45, 7) is 3.59. The Balaban J connectivity index is 1.31. The summed E-state index contributed by atoms with van der Waals surface area (Å²) in [4.78, 5) is 38.5. The number of imide groups is 1. The molecular formula is C23H30N4O4. The van der Waals surface area contributed by atoms with Crippen LogP contribution in [0.5, 0.6) is 0 Å². The van der Waals surface area contributed by atoms with E-state index in [0.717, 1.165) is 43.7 Å². The number of morpholine rings is 1. The predicted octanol–water partition coefficient (Wildman–Crippen LogP) is 0.838. The molecular weight excluding hydrogens is 396 g/mol. The van der Waals surface area contributed by atoms with E-state index >= 15 is 0 Å². The van der Waals surface area contributed by atoms with Crippen LogP contribution in [-0.2, 0) is 27.4 Å². The summed E-state index contributed by atoms with van der Waals surface area (Å²) < 4.78 is 6.27. The van der Waals surface area contributed by atoms with Gasteiger partial charge in [0.05, 0.1) is 12.2 Å². The Bertz CT molecular complexity index is 887. The molecule has 3 aliphatic heterocycles. The zero-order valence-corrected chi connectivity index (χ0v) is 17.7. The average Bonchev–Trinajstić information content (AvgIpc) is 3.11. The monoisotopic (exact) mass is 426 g/mol. The number of carbonyl (C=O) groups excluding carboxylic acids is 3. The Hall–Kier alpha value is -2.29. The van der Waals surface area contributed by atoms with Crippen molar-refractivity contribution in [2.24, 2.45) is 0 Å². The standard InChI is InChI=1S/C23H30N4O4/c28-20-8-7-18(21(29)26-20)27-13-17-15(4-3-5-16(17)22(27)30)12-25-19-6-1-2-9-23(19)14-24-10-11-31-23/h3-5,18-19,24-25H,1-2,6-14H2,(H,26,28,29)/t18?,19-,23-/m1/s1. The quantitative estimate of drug-likeness (QED) is 0.617. The highest BCUT2D eigenvalue weighted by atomic mass is 16.5. The Morgan fingerprint density at radius 1 is 1.19 bits per heavy atom. The first-order chi connectivity index (χ1) is 15.1. The lowest BCUT2D eigenvalue weighted by atomic mass is 9.79. The maximum atomic E-state index is 13.0. The number of amides is 3. The molecule has 3 amide bonds. The lowest BCUT2D eigenvalue weighted by Crippen LogP contribution is -2.62. The zero-order valence-electron chi connectivity index (χ0n) is 17.7. The van der Waals surface area contributed by atoms with Crippen molar-refractivity contribution in [3.8, 4) is 0 Å². The largest absolute Gasteiger partial charge is 0.371 e. The molecule has 1 spiro atoms. The van der Waals surface area contributed by atoms with Crippen LogP contribution in [0.3, 0.4) is 0 Å². The third kappa shape index (κ3) is 3.77. The zero-order chi connectivity index (χ0) is 21.4. The highest BCUT2D eigenvalue weighted by Gasteiger charge is 2.43. The Kier molecular flexibility index (Phi) is 5.54. The molecule has 0 radical (unpaired) electrons. The van der Waals surface area contributed by atoms with Gasteiger partial charge in [-0.3, -0.25) is 19.7 Å². The number of fused-ring (bicyclic) bond motifs is 1. The lowest BCUT2D eigenvalue weighted by molar-refractivity contribution is -0.136. The van der Waals surface area contributed by atoms with Crippen molar-refractivity contribution in [1.82, 2.24) is 20.9 Å². The van der Waals surface area contributed by atoms with E-state index in [-0.39, 0.29) is 35.8 Å². The van der Waals surface area contributed by atoms with Crippen LogP contribution in [0, 0.1) is 0 Å². The van der Waals surface area contributed by atoms with E-state index in [4.69, 9.17) is 4.74 Å². The molecule has 31 heavy (non-hydrogen) atoms. The lowest BCUT2D eigenvalue weighted by Gasteiger charge is -2.47. The Morgan fingerprint density at radius 2 is 2.10 bits per heavy atom. The van der Waals surface area contributed by atoms with Gasteiger partial charge in [0.15, 0.2) is 0 Å². The smallest absolute Gasteiger partial charge is 0.255 e. The van der Waals surface area contributed by atoms with Gasteiger partial charge in [-0.2, -0.15) is 0 Å². The Morgan fingerprint density at radius 3 is 2.90 bits per heavy atom. The maximum Gasteiger partial charge on any atom is 0.255 e. The number of carbonyl (C=O) groups is 3. The van der Waals surface area contributed by atoms with E-state index in [2.05, 4.69) is 22.0 Å². The molecule has 1 saturated carbocycles. The van der Waals surface area contributed by atoms with Crippen molar-refractivity contribution in [1.29, 1.82) is 0 Å². The topological polar surface area (TPSA) is 99.8 Å². The van der Waals surface area contributed by atoms with Crippen molar-refractivity contribution < 1.29 is 19.1 Å². The van der Waals surface area contributed by atoms with E-state index in [9.17, 15) is 14.4 Å². The van der Waals surface area contributed by atoms with Gasteiger partial charge in [-0.15, -0.1) is 0 Å². The van der Waals surface area contributed by atoms with Crippen LogP contribution < -0.4 is 16.0 Å². The summed E-state index contributed by atoms with van der Waals surface area (Å²) in [7, 11) is 0. The highest BCUT2D eigenvalue weighted by Crippen LogP contribution is 2.34. The fourth-order valence-corrected chi connectivity index (χ4v) is 5.61. The molecule has 1 unspecified atom stereocenters. The van der Waals surface area contributed by atoms with E-state index in [1.165, 1.54) is 12.8 Å². The molecule has 1 aliphatic carbocycles. The van der Waals surface area contributed by atoms with Crippen LogP contribution in [0.4, 0.5) is 0 Å². The third-order valence-electron chi connectivity index (χ3n) is 7.29. The second-order valence-corrected chi connectivity index (χ2v) is 9.11. The summed E-state index contributed by atoms with van der Waals surface area (Å²) in [5.74, 6) is -0.764. The van der Waals surface area contributed by atoms with Gasteiger partial charge in [0.25, 0.3) is 5.91 Å². The summed E-state index contributed by atoms with van der Waals surface area (Å²) in [5, 5.41) is 9.59. The maximum absolute atomic E-state index is 13.0. The first-order valence-electron chi connectivity index (χ1n) is 11.4. The van der Waals surface area contributed by atoms with Gasteiger partial charge < -0.3 is 20.3 Å². The number of ether oxygens (including phenoxy) is 1. The minimum Gasteiger partial charge on any atom is -0.371 e. The molecule has 8 heteroatoms. The number of nitrogens with one attached hydrogen (secondary N) is 3. The first-order valence-corrected chi connectivity index (χ1v) is 11.4. The van der Waals surface area contributed by atoms with Gasteiger partial charge in [-0.05, 0) is 36.5 Å². The molecule has 8 nitrogen and oxygen atoms in total. The van der Waals surface area contributed by atoms with Crippen LogP contribution in [0.25, 0.3) is 0 Å². The van der Waals surface area contributed by atoms with Gasteiger partial charge in [-0.25, -0.2) is 0 Å². The molecule has 2 saturated heterocycles. The predicted molar refractivity (Wildman–Crippen MR) is 113 cm³/mol. The van der Waals surface area contributed by atoms with Gasteiger partial charge >= 0.3 is 0 Å². The molecule has 0 aromatic heterocycles. The van der Waals surface area contributed by atoms with Crippen LogP contribution in [0.15, 0.2) is 18.2 Å². The van der Waals surface area contributed by atoms with Crippen LogP contribution in [0.1, 0.15) is 60.0 Å². The minimum atomic E-state index is -0.582. The molecule has 1 aromatic carbocycles. The van der Waals surface area contributed by atoms with E-state index < -0.39 is 6.04 Å². The van der Waals surface area contributed by atoms with E-state index in [1.54, 1.807) is 4.90 Å². The molecule has 3 heterocycles. The third-order valence-corrected chi connectivity index (χ3v) is 7.29. The number of nitrogens with zero attached hydrogens (tertiary/aromatic N) is 1. The molecule has 5 rings (SSSR count). The molecule has 1 aromatic rings. The van der Waals surface area contributed by atoms with Gasteiger partial charge in [0.2, 0.25) is 11.8 Å². The summed E-state index contributed by atoms with van der Waals surface area (Å²) in [5.41, 5.74) is 2.59. The van der Waals surface area contributed by atoms with Gasteiger partial charge in [0.1, 0.15) is 6.04 Å².